The first-order valence-electron chi connectivity index (χ1n) is 9.96. The van der Waals surface area contributed by atoms with Gasteiger partial charge in [0.05, 0.1) is 6.54 Å². The lowest BCUT2D eigenvalue weighted by atomic mass is 9.84. The number of aryl methyl sites for hydroxylation is 1. The Morgan fingerprint density at radius 3 is 2.52 bits per heavy atom. The second-order valence-corrected chi connectivity index (χ2v) is 7.47. The fraction of sp³-hybridized carbons (Fsp3) is 0.478. The standard InChI is InChI=1S/C23H29NO/c1-2-7-19(8-3-1)20-12-14-22(15-13-20)25-18-17-24-16-6-10-21-9-4-5-11-23(21)24/h4-5,9,11-15,19H,1-3,6-8,10,16-18H2. The third kappa shape index (κ3) is 4.00. The van der Waals surface area contributed by atoms with Crippen LogP contribution in [0.15, 0.2) is 48.5 Å². The van der Waals surface area contributed by atoms with Gasteiger partial charge in [-0.2, -0.15) is 0 Å². The van der Waals surface area contributed by atoms with Crippen molar-refractivity contribution in [2.24, 2.45) is 0 Å². The molecule has 132 valence electrons. The number of hydrogen-bond acceptors (Lipinski definition) is 2. The number of fused-ring (bicyclic) bond motifs is 1. The second-order valence-electron chi connectivity index (χ2n) is 7.47. The van der Waals surface area contributed by atoms with E-state index >= 15 is 0 Å². The third-order valence-electron chi connectivity index (χ3n) is 5.79. The summed E-state index contributed by atoms with van der Waals surface area (Å²) in [7, 11) is 0. The maximum atomic E-state index is 6.02. The van der Waals surface area contributed by atoms with E-state index in [1.165, 1.54) is 61.8 Å². The van der Waals surface area contributed by atoms with Gasteiger partial charge in [0.1, 0.15) is 12.4 Å². The van der Waals surface area contributed by atoms with E-state index in [-0.39, 0.29) is 0 Å². The van der Waals surface area contributed by atoms with Gasteiger partial charge in [-0.25, -0.2) is 0 Å². The smallest absolute Gasteiger partial charge is 0.119 e. The summed E-state index contributed by atoms with van der Waals surface area (Å²) in [6.45, 7) is 2.85. The molecule has 0 aromatic heterocycles. The molecule has 1 aliphatic carbocycles. The zero-order chi connectivity index (χ0) is 16.9. The van der Waals surface area contributed by atoms with Crippen molar-refractivity contribution >= 4 is 5.69 Å². The first-order valence-corrected chi connectivity index (χ1v) is 9.96. The van der Waals surface area contributed by atoms with Gasteiger partial charge in [0.2, 0.25) is 0 Å². The maximum Gasteiger partial charge on any atom is 0.119 e. The van der Waals surface area contributed by atoms with Gasteiger partial charge in [0.25, 0.3) is 0 Å². The van der Waals surface area contributed by atoms with Crippen LogP contribution in [-0.4, -0.2) is 19.7 Å². The molecule has 1 saturated carbocycles. The fourth-order valence-corrected chi connectivity index (χ4v) is 4.39. The van der Waals surface area contributed by atoms with Crippen molar-refractivity contribution in [2.45, 2.75) is 50.9 Å². The molecule has 2 heteroatoms. The third-order valence-corrected chi connectivity index (χ3v) is 5.79. The SMILES string of the molecule is c1ccc2c(c1)CCCN2CCOc1ccc(C2CCCCC2)cc1. The van der Waals surface area contributed by atoms with Crippen LogP contribution in [0.1, 0.15) is 55.6 Å². The molecule has 2 aromatic carbocycles. The quantitative estimate of drug-likeness (QED) is 0.708. The van der Waals surface area contributed by atoms with Crippen molar-refractivity contribution in [2.75, 3.05) is 24.6 Å². The van der Waals surface area contributed by atoms with E-state index in [1.54, 1.807) is 0 Å². The topological polar surface area (TPSA) is 12.5 Å². The van der Waals surface area contributed by atoms with Crippen LogP contribution in [0.5, 0.6) is 5.75 Å². The van der Waals surface area contributed by atoms with E-state index in [2.05, 4.69) is 53.4 Å². The summed E-state index contributed by atoms with van der Waals surface area (Å²) in [5.41, 5.74) is 4.37. The van der Waals surface area contributed by atoms with Gasteiger partial charge in [-0.1, -0.05) is 49.6 Å². The average molecular weight is 335 g/mol. The van der Waals surface area contributed by atoms with E-state index < -0.39 is 0 Å². The first-order chi connectivity index (χ1) is 12.4. The molecule has 0 amide bonds. The number of ether oxygens (including phenoxy) is 1. The van der Waals surface area contributed by atoms with Gasteiger partial charge >= 0.3 is 0 Å². The van der Waals surface area contributed by atoms with Gasteiger partial charge in [0.15, 0.2) is 0 Å². The van der Waals surface area contributed by atoms with Gasteiger partial charge < -0.3 is 9.64 Å². The molecule has 25 heavy (non-hydrogen) atoms. The lowest BCUT2D eigenvalue weighted by Gasteiger charge is -2.31. The molecular weight excluding hydrogens is 306 g/mol. The Morgan fingerprint density at radius 2 is 1.68 bits per heavy atom. The summed E-state index contributed by atoms with van der Waals surface area (Å²) in [4.78, 5) is 2.47. The second kappa shape index (κ2) is 7.95. The molecule has 1 heterocycles. The molecule has 0 spiro atoms. The molecule has 0 radical (unpaired) electrons. The highest BCUT2D eigenvalue weighted by molar-refractivity contribution is 5.55. The first kappa shape index (κ1) is 16.5. The lowest BCUT2D eigenvalue weighted by molar-refractivity contribution is 0.322. The van der Waals surface area contributed by atoms with Crippen molar-refractivity contribution in [3.8, 4) is 5.75 Å². The van der Waals surface area contributed by atoms with Gasteiger partial charge in [-0.3, -0.25) is 0 Å². The van der Waals surface area contributed by atoms with Crippen molar-refractivity contribution in [3.63, 3.8) is 0 Å². The minimum absolute atomic E-state index is 0.747. The Morgan fingerprint density at radius 1 is 0.880 bits per heavy atom. The molecule has 0 saturated heterocycles. The summed E-state index contributed by atoms with van der Waals surface area (Å²) in [5, 5.41) is 0. The Bertz CT molecular complexity index is 673. The van der Waals surface area contributed by atoms with Crippen LogP contribution >= 0.6 is 0 Å². The summed E-state index contributed by atoms with van der Waals surface area (Å²) in [6, 6.07) is 17.7. The zero-order valence-corrected chi connectivity index (χ0v) is 15.1. The lowest BCUT2D eigenvalue weighted by Crippen LogP contribution is -2.33. The Labute approximate surface area is 151 Å². The molecule has 0 unspecified atom stereocenters. The van der Waals surface area contributed by atoms with Gasteiger partial charge in [-0.05, 0) is 60.9 Å². The maximum absolute atomic E-state index is 6.02. The molecule has 0 atom stereocenters. The highest BCUT2D eigenvalue weighted by Crippen LogP contribution is 2.33. The number of para-hydroxylation sites is 1. The van der Waals surface area contributed by atoms with Crippen LogP contribution in [0.25, 0.3) is 0 Å². The van der Waals surface area contributed by atoms with Crippen LogP contribution < -0.4 is 9.64 Å². The van der Waals surface area contributed by atoms with Crippen molar-refractivity contribution in [1.29, 1.82) is 0 Å². The van der Waals surface area contributed by atoms with Crippen molar-refractivity contribution < 1.29 is 4.74 Å². The molecule has 4 rings (SSSR count). The number of anilines is 1. The van der Waals surface area contributed by atoms with Crippen LogP contribution in [0.4, 0.5) is 5.69 Å². The number of nitrogens with zero attached hydrogens (tertiary/aromatic N) is 1. The van der Waals surface area contributed by atoms with Crippen molar-refractivity contribution in [1.82, 2.24) is 0 Å². The van der Waals surface area contributed by atoms with Crippen LogP contribution in [0.2, 0.25) is 0 Å². The Hall–Kier alpha value is -1.96. The normalized spacial score (nSPS) is 18.0. The predicted molar refractivity (Wildman–Crippen MR) is 105 cm³/mol. The predicted octanol–water partition coefficient (Wildman–Crippen LogP) is 5.57. The highest BCUT2D eigenvalue weighted by Gasteiger charge is 2.17. The summed E-state index contributed by atoms with van der Waals surface area (Å²) in [5.74, 6) is 1.78. The minimum Gasteiger partial charge on any atom is -0.492 e. The van der Waals surface area contributed by atoms with Gasteiger partial charge in [0, 0.05) is 12.2 Å². The molecule has 1 aliphatic heterocycles. The Kier molecular flexibility index (Phi) is 5.25. The fourth-order valence-electron chi connectivity index (χ4n) is 4.39. The molecule has 2 aliphatic rings. The monoisotopic (exact) mass is 335 g/mol. The largest absolute Gasteiger partial charge is 0.492 e. The van der Waals surface area contributed by atoms with E-state index in [0.717, 1.165) is 31.4 Å². The number of rotatable bonds is 5. The highest BCUT2D eigenvalue weighted by atomic mass is 16.5. The zero-order valence-electron chi connectivity index (χ0n) is 15.1. The van der Waals surface area contributed by atoms with E-state index in [1.807, 2.05) is 0 Å². The van der Waals surface area contributed by atoms with Crippen molar-refractivity contribution in [3.05, 3.63) is 59.7 Å². The van der Waals surface area contributed by atoms with E-state index in [0.29, 0.717) is 0 Å². The van der Waals surface area contributed by atoms with Crippen LogP contribution in [0, 0.1) is 0 Å². The van der Waals surface area contributed by atoms with E-state index in [4.69, 9.17) is 4.74 Å². The Balaban J connectivity index is 1.30. The minimum atomic E-state index is 0.747. The molecule has 2 aromatic rings. The van der Waals surface area contributed by atoms with E-state index in [9.17, 15) is 0 Å². The molecule has 1 fully saturated rings. The summed E-state index contributed by atoms with van der Waals surface area (Å²) in [6.07, 6.45) is 9.35. The number of hydrogen-bond donors (Lipinski definition) is 0. The average Bonchev–Trinajstić information content (AvgIpc) is 2.69. The molecular formula is C23H29NO. The summed E-state index contributed by atoms with van der Waals surface area (Å²) >= 11 is 0. The van der Waals surface area contributed by atoms with Crippen LogP contribution in [0.3, 0.4) is 0 Å². The van der Waals surface area contributed by atoms with Gasteiger partial charge in [-0.15, -0.1) is 0 Å². The molecule has 2 nitrogen and oxygen atoms in total. The molecule has 0 bridgehead atoms. The summed E-state index contributed by atoms with van der Waals surface area (Å²) < 4.78 is 6.02. The van der Waals surface area contributed by atoms with Crippen LogP contribution in [-0.2, 0) is 6.42 Å². The number of benzene rings is 2. The molecule has 0 N–H and O–H groups in total.